The molecule has 1 fully saturated rings. The maximum atomic E-state index is 11.2. The van der Waals surface area contributed by atoms with Gasteiger partial charge in [-0.25, -0.2) is 0 Å². The van der Waals surface area contributed by atoms with Gasteiger partial charge in [0.05, 0.1) is 21.4 Å². The third-order valence-electron chi connectivity index (χ3n) is 6.31. The molecule has 1 saturated carbocycles. The first-order valence-electron chi connectivity index (χ1n) is 12.0. The van der Waals surface area contributed by atoms with E-state index in [-0.39, 0.29) is 12.5 Å². The lowest BCUT2D eigenvalue weighted by Gasteiger charge is -2.26. The van der Waals surface area contributed by atoms with Crippen LogP contribution in [0.4, 0.5) is 0 Å². The average Bonchev–Trinajstić information content (AvgIpc) is 3.59. The number of nitrogens with one attached hydrogen (secondary N) is 1. The highest BCUT2D eigenvalue weighted by molar-refractivity contribution is 9.11. The molecule has 4 nitrogen and oxygen atoms in total. The molecule has 184 valence electrons. The molecule has 4 rings (SSSR count). The van der Waals surface area contributed by atoms with Gasteiger partial charge in [-0.1, -0.05) is 49.7 Å². The number of ether oxygens (including phenoxy) is 1. The van der Waals surface area contributed by atoms with Crippen LogP contribution >= 0.6 is 31.9 Å². The Kier molecular flexibility index (Phi) is 8.04. The highest BCUT2D eigenvalue weighted by Crippen LogP contribution is 2.43. The van der Waals surface area contributed by atoms with Gasteiger partial charge in [0.25, 0.3) is 0 Å². The van der Waals surface area contributed by atoms with Crippen molar-refractivity contribution in [3.8, 4) is 11.5 Å². The molecule has 0 saturated heterocycles. The van der Waals surface area contributed by atoms with Crippen LogP contribution in [-0.2, 0) is 11.2 Å². The zero-order chi connectivity index (χ0) is 25.3. The van der Waals surface area contributed by atoms with Crippen molar-refractivity contribution in [2.24, 2.45) is 0 Å². The molecule has 0 spiro atoms. The van der Waals surface area contributed by atoms with Crippen molar-refractivity contribution in [3.05, 3.63) is 90.9 Å². The van der Waals surface area contributed by atoms with Crippen molar-refractivity contribution < 1.29 is 14.6 Å². The van der Waals surface area contributed by atoms with Crippen LogP contribution < -0.4 is 10.1 Å². The van der Waals surface area contributed by atoms with E-state index in [2.05, 4.69) is 101 Å². The van der Waals surface area contributed by atoms with E-state index in [1.165, 1.54) is 35.1 Å². The van der Waals surface area contributed by atoms with Gasteiger partial charge in [0, 0.05) is 11.6 Å². The molecule has 35 heavy (non-hydrogen) atoms. The predicted molar refractivity (Wildman–Crippen MR) is 148 cm³/mol. The quantitative estimate of drug-likeness (QED) is 0.260. The maximum absolute atomic E-state index is 11.2. The van der Waals surface area contributed by atoms with Crippen LogP contribution in [0, 0.1) is 13.8 Å². The number of halogens is 2. The minimum atomic E-state index is -0.869. The number of hydrogen-bond acceptors (Lipinski definition) is 3. The third kappa shape index (κ3) is 6.35. The second kappa shape index (κ2) is 10.9. The summed E-state index contributed by atoms with van der Waals surface area (Å²) in [4.78, 5) is 11.2. The van der Waals surface area contributed by atoms with E-state index in [0.29, 0.717) is 32.2 Å². The van der Waals surface area contributed by atoms with E-state index in [9.17, 15) is 9.90 Å². The van der Waals surface area contributed by atoms with Crippen molar-refractivity contribution in [1.29, 1.82) is 0 Å². The predicted octanol–water partition coefficient (Wildman–Crippen LogP) is 8.21. The summed E-state index contributed by atoms with van der Waals surface area (Å²) in [7, 11) is 0. The highest BCUT2D eigenvalue weighted by atomic mass is 79.9. The molecular formula is C29H31Br2NO3. The Hall–Kier alpha value is -2.15. The van der Waals surface area contributed by atoms with E-state index in [4.69, 9.17) is 4.74 Å². The van der Waals surface area contributed by atoms with E-state index in [1.807, 2.05) is 12.1 Å². The summed E-state index contributed by atoms with van der Waals surface area (Å²) in [5.74, 6) is 0.914. The number of aliphatic carboxylic acids is 1. The number of benzene rings is 3. The summed E-state index contributed by atoms with van der Waals surface area (Å²) in [5, 5.41) is 13.0. The molecular weight excluding hydrogens is 570 g/mol. The SMILES string of the molecule is Cc1cccc(C(NC2CC2)c2cc(C)c(C(C)C)cc2Oc2c(Br)cc(CC(=O)O)cc2Br)c1. The Morgan fingerprint density at radius 1 is 1.06 bits per heavy atom. The second-order valence-electron chi connectivity index (χ2n) is 9.75. The van der Waals surface area contributed by atoms with Gasteiger partial charge in [0.15, 0.2) is 5.75 Å². The fraction of sp³-hybridized carbons (Fsp3) is 0.345. The summed E-state index contributed by atoms with van der Waals surface area (Å²) >= 11 is 7.22. The Bertz CT molecular complexity index is 1230. The van der Waals surface area contributed by atoms with Gasteiger partial charge in [0.1, 0.15) is 5.75 Å². The fourth-order valence-electron chi connectivity index (χ4n) is 4.46. The molecule has 0 amide bonds. The van der Waals surface area contributed by atoms with Crippen LogP contribution in [0.3, 0.4) is 0 Å². The number of hydrogen-bond donors (Lipinski definition) is 2. The first-order valence-corrected chi connectivity index (χ1v) is 13.6. The van der Waals surface area contributed by atoms with E-state index < -0.39 is 5.97 Å². The van der Waals surface area contributed by atoms with Gasteiger partial charge in [-0.15, -0.1) is 0 Å². The molecule has 0 aliphatic heterocycles. The second-order valence-corrected chi connectivity index (χ2v) is 11.5. The monoisotopic (exact) mass is 599 g/mol. The molecule has 0 bridgehead atoms. The molecule has 1 unspecified atom stereocenters. The summed E-state index contributed by atoms with van der Waals surface area (Å²) in [6.45, 7) is 8.67. The number of rotatable bonds is 9. The van der Waals surface area contributed by atoms with Crippen LogP contribution in [0.1, 0.15) is 72.0 Å². The molecule has 2 N–H and O–H groups in total. The lowest BCUT2D eigenvalue weighted by atomic mass is 9.90. The average molecular weight is 601 g/mol. The fourth-order valence-corrected chi connectivity index (χ4v) is 5.90. The lowest BCUT2D eigenvalue weighted by molar-refractivity contribution is -0.136. The minimum absolute atomic E-state index is 0.00106. The minimum Gasteiger partial charge on any atom is -0.481 e. The Balaban J connectivity index is 1.83. The summed E-state index contributed by atoms with van der Waals surface area (Å²) in [5.41, 5.74) is 6.72. The number of aryl methyl sites for hydroxylation is 2. The largest absolute Gasteiger partial charge is 0.481 e. The van der Waals surface area contributed by atoms with Gasteiger partial charge in [0.2, 0.25) is 0 Å². The lowest BCUT2D eigenvalue weighted by Crippen LogP contribution is -2.25. The Morgan fingerprint density at radius 3 is 2.31 bits per heavy atom. The molecule has 0 aromatic heterocycles. The number of carbonyl (C=O) groups is 1. The van der Waals surface area contributed by atoms with E-state index >= 15 is 0 Å². The third-order valence-corrected chi connectivity index (χ3v) is 7.49. The standard InChI is InChI=1S/C29H31Br2NO3/c1-16(2)22-15-26(35-29-24(30)12-19(13-25(29)31)14-27(33)34)23(11-18(22)4)28(32-21-8-9-21)20-7-5-6-17(3)10-20/h5-7,10-13,15-16,21,28,32H,8-9,14H2,1-4H3,(H,33,34). The van der Waals surface area contributed by atoms with Crippen molar-refractivity contribution in [2.75, 3.05) is 0 Å². The van der Waals surface area contributed by atoms with Gasteiger partial charge in [-0.3, -0.25) is 4.79 Å². The first kappa shape index (κ1) is 25.9. The highest BCUT2D eigenvalue weighted by Gasteiger charge is 2.29. The van der Waals surface area contributed by atoms with Crippen LogP contribution in [0.15, 0.2) is 57.5 Å². The Morgan fingerprint density at radius 2 is 1.74 bits per heavy atom. The molecule has 1 aliphatic carbocycles. The van der Waals surface area contributed by atoms with Crippen LogP contribution in [0.2, 0.25) is 0 Å². The topological polar surface area (TPSA) is 58.6 Å². The Labute approximate surface area is 224 Å². The van der Waals surface area contributed by atoms with Gasteiger partial charge < -0.3 is 15.2 Å². The zero-order valence-corrected chi connectivity index (χ0v) is 23.7. The molecule has 3 aromatic carbocycles. The van der Waals surface area contributed by atoms with E-state index in [1.54, 1.807) is 0 Å². The normalized spacial score (nSPS) is 14.3. The van der Waals surface area contributed by atoms with Crippen LogP contribution in [0.25, 0.3) is 0 Å². The van der Waals surface area contributed by atoms with Gasteiger partial charge >= 0.3 is 5.97 Å². The van der Waals surface area contributed by atoms with Crippen LogP contribution in [0.5, 0.6) is 11.5 Å². The van der Waals surface area contributed by atoms with Crippen molar-refractivity contribution in [2.45, 2.75) is 65.0 Å². The maximum Gasteiger partial charge on any atom is 0.307 e. The molecule has 0 radical (unpaired) electrons. The molecule has 1 atom stereocenters. The molecule has 6 heteroatoms. The number of carboxylic acid groups (broad SMARTS) is 1. The van der Waals surface area contributed by atoms with Crippen LogP contribution in [-0.4, -0.2) is 17.1 Å². The molecule has 3 aromatic rings. The summed E-state index contributed by atoms with van der Waals surface area (Å²) < 4.78 is 8.05. The smallest absolute Gasteiger partial charge is 0.307 e. The zero-order valence-electron chi connectivity index (χ0n) is 20.5. The summed E-state index contributed by atoms with van der Waals surface area (Å²) in [6, 6.07) is 17.2. The van der Waals surface area contributed by atoms with Crippen molar-refractivity contribution in [3.63, 3.8) is 0 Å². The molecule has 1 aliphatic rings. The first-order chi connectivity index (χ1) is 16.6. The van der Waals surface area contributed by atoms with Crippen molar-refractivity contribution in [1.82, 2.24) is 5.32 Å². The molecule has 0 heterocycles. The van der Waals surface area contributed by atoms with E-state index in [0.717, 1.165) is 11.3 Å². The van der Waals surface area contributed by atoms with Gasteiger partial charge in [-0.2, -0.15) is 0 Å². The summed E-state index contributed by atoms with van der Waals surface area (Å²) in [6.07, 6.45) is 2.32. The van der Waals surface area contributed by atoms with Crippen molar-refractivity contribution >= 4 is 37.8 Å². The van der Waals surface area contributed by atoms with Gasteiger partial charge in [-0.05, 0) is 105 Å². The number of carboxylic acids is 1.